The van der Waals surface area contributed by atoms with Crippen LogP contribution < -0.4 is 20.3 Å². The Balaban J connectivity index is 1.31. The molecule has 5 rings (SSSR count). The molecule has 2 aliphatic rings. The molecule has 2 aromatic heterocycles. The summed E-state index contributed by atoms with van der Waals surface area (Å²) in [7, 11) is -4.24. The number of hydrogen-bond acceptors (Lipinski definition) is 8. The van der Waals surface area contributed by atoms with E-state index in [9.17, 15) is 27.2 Å². The molecule has 0 radical (unpaired) electrons. The van der Waals surface area contributed by atoms with Crippen LogP contribution in [-0.2, 0) is 27.7 Å². The quantitative estimate of drug-likeness (QED) is 0.467. The van der Waals surface area contributed by atoms with Crippen LogP contribution in [-0.4, -0.2) is 37.8 Å². The molecule has 3 N–H and O–H groups in total. The molecule has 0 spiro atoms. The number of benzene rings is 1. The minimum Gasteiger partial charge on any atom is -0.384 e. The van der Waals surface area contributed by atoms with E-state index in [1.54, 1.807) is 10.8 Å². The van der Waals surface area contributed by atoms with Gasteiger partial charge in [0.2, 0.25) is 5.91 Å². The number of pyridine rings is 1. The number of carbonyl (C=O) groups excluding carboxylic acids is 3. The highest BCUT2D eigenvalue weighted by atomic mass is 32.2. The zero-order valence-corrected chi connectivity index (χ0v) is 18.9. The Morgan fingerprint density at radius 2 is 1.97 bits per heavy atom. The molecule has 2 aliphatic heterocycles. The summed E-state index contributed by atoms with van der Waals surface area (Å²) in [4.78, 5) is 42.9. The molecule has 1 aromatic carbocycles. The molecule has 34 heavy (non-hydrogen) atoms. The first kappa shape index (κ1) is 22.0. The molecule has 0 aliphatic carbocycles. The van der Waals surface area contributed by atoms with Crippen molar-refractivity contribution in [3.8, 4) is 0 Å². The van der Waals surface area contributed by atoms with E-state index in [0.29, 0.717) is 22.5 Å². The molecule has 0 saturated carbocycles. The fourth-order valence-electron chi connectivity index (χ4n) is 3.81. The Kier molecular flexibility index (Phi) is 5.29. The third-order valence-corrected chi connectivity index (χ3v) is 8.04. The number of thiophene rings is 1. The number of aromatic nitrogens is 1. The standard InChI is InChI=1S/C21H16FN5O5S2/c22-16-2-4-19(33-16)34(31,32)26-21(30)25-13-1-3-17(24-10-13)27-18(28)9-12-8-15-11(5-6-23-15)7-14(12)20(27)29/h1-4,7-8,10,23H,5-6,9H2,(H2,25,26,30). The second kappa shape index (κ2) is 8.18. The van der Waals surface area contributed by atoms with Crippen molar-refractivity contribution >= 4 is 56.4 Å². The molecular formula is C21H16FN5O5S2. The van der Waals surface area contributed by atoms with E-state index in [-0.39, 0.29) is 22.1 Å². The molecule has 4 heterocycles. The summed E-state index contributed by atoms with van der Waals surface area (Å²) in [5, 5.41) is 4.82. The number of fused-ring (bicyclic) bond motifs is 2. The summed E-state index contributed by atoms with van der Waals surface area (Å²) in [6.45, 7) is 0.777. The molecular weight excluding hydrogens is 485 g/mol. The van der Waals surface area contributed by atoms with E-state index in [1.165, 1.54) is 18.3 Å². The Hall–Kier alpha value is -3.84. The number of sulfonamides is 1. The fraction of sp³-hybridized carbons (Fsp3) is 0.143. The van der Waals surface area contributed by atoms with Crippen LogP contribution >= 0.6 is 11.3 Å². The second-order valence-corrected chi connectivity index (χ2v) is 10.5. The number of halogens is 1. The third-order valence-electron chi connectivity index (χ3n) is 5.34. The van der Waals surface area contributed by atoms with Crippen LogP contribution in [0.15, 0.2) is 46.8 Å². The number of rotatable bonds is 4. The average Bonchev–Trinajstić information content (AvgIpc) is 3.42. The monoisotopic (exact) mass is 501 g/mol. The lowest BCUT2D eigenvalue weighted by Gasteiger charge is -2.26. The summed E-state index contributed by atoms with van der Waals surface area (Å²) < 4.78 is 38.8. The van der Waals surface area contributed by atoms with E-state index in [0.717, 1.165) is 41.2 Å². The van der Waals surface area contributed by atoms with Crippen LogP contribution in [0.4, 0.5) is 26.4 Å². The van der Waals surface area contributed by atoms with Gasteiger partial charge in [-0.1, -0.05) is 11.3 Å². The van der Waals surface area contributed by atoms with Gasteiger partial charge in [0.15, 0.2) is 5.13 Å². The summed E-state index contributed by atoms with van der Waals surface area (Å²) in [6, 6.07) is 7.32. The van der Waals surface area contributed by atoms with E-state index in [4.69, 9.17) is 0 Å². The van der Waals surface area contributed by atoms with E-state index >= 15 is 0 Å². The normalized spacial score (nSPS) is 14.9. The van der Waals surface area contributed by atoms with Gasteiger partial charge < -0.3 is 10.6 Å². The highest BCUT2D eigenvalue weighted by molar-refractivity contribution is 7.92. The zero-order valence-electron chi connectivity index (χ0n) is 17.3. The summed E-state index contributed by atoms with van der Waals surface area (Å²) in [5.74, 6) is -0.844. The Morgan fingerprint density at radius 3 is 2.68 bits per heavy atom. The van der Waals surface area contributed by atoms with Gasteiger partial charge in [-0.15, -0.1) is 0 Å². The number of carbonyl (C=O) groups is 3. The topological polar surface area (TPSA) is 138 Å². The molecule has 13 heteroatoms. The van der Waals surface area contributed by atoms with E-state index in [1.807, 2.05) is 6.07 Å². The van der Waals surface area contributed by atoms with Gasteiger partial charge in [-0.3, -0.25) is 9.59 Å². The van der Waals surface area contributed by atoms with Crippen LogP contribution in [0.3, 0.4) is 0 Å². The molecule has 3 aromatic rings. The number of urea groups is 1. The van der Waals surface area contributed by atoms with Crippen LogP contribution in [0.1, 0.15) is 21.5 Å². The molecule has 10 nitrogen and oxygen atoms in total. The van der Waals surface area contributed by atoms with Gasteiger partial charge in [-0.2, -0.15) is 4.39 Å². The number of nitrogens with zero attached hydrogens (tertiary/aromatic N) is 2. The first-order valence-electron chi connectivity index (χ1n) is 10.0. The van der Waals surface area contributed by atoms with Gasteiger partial charge in [0, 0.05) is 17.8 Å². The van der Waals surface area contributed by atoms with Gasteiger partial charge in [0.1, 0.15) is 10.0 Å². The highest BCUT2D eigenvalue weighted by Crippen LogP contribution is 2.31. The summed E-state index contributed by atoms with van der Waals surface area (Å²) in [6.07, 6.45) is 2.03. The van der Waals surface area contributed by atoms with Gasteiger partial charge >= 0.3 is 6.03 Å². The van der Waals surface area contributed by atoms with E-state index in [2.05, 4.69) is 15.6 Å². The van der Waals surface area contributed by atoms with Crippen molar-refractivity contribution in [1.82, 2.24) is 9.71 Å². The van der Waals surface area contributed by atoms with Crippen LogP contribution in [0.2, 0.25) is 0 Å². The lowest BCUT2D eigenvalue weighted by molar-refractivity contribution is -0.117. The fourth-order valence-corrected chi connectivity index (χ4v) is 5.72. The first-order valence-corrected chi connectivity index (χ1v) is 12.3. The first-order chi connectivity index (χ1) is 16.2. The van der Waals surface area contributed by atoms with Crippen molar-refractivity contribution in [3.63, 3.8) is 0 Å². The average molecular weight is 502 g/mol. The van der Waals surface area contributed by atoms with Gasteiger partial charge in [-0.05, 0) is 53.9 Å². The lowest BCUT2D eigenvalue weighted by Crippen LogP contribution is -2.43. The predicted octanol–water partition coefficient (Wildman–Crippen LogP) is 2.49. The zero-order chi connectivity index (χ0) is 24.0. The molecule has 0 bridgehead atoms. The molecule has 0 saturated heterocycles. The predicted molar refractivity (Wildman–Crippen MR) is 122 cm³/mol. The number of anilines is 3. The maximum Gasteiger partial charge on any atom is 0.333 e. The lowest BCUT2D eigenvalue weighted by atomic mass is 9.95. The number of imide groups is 1. The molecule has 4 amide bonds. The SMILES string of the molecule is O=C(Nc1ccc(N2C(=O)Cc3cc4c(cc3C2=O)CCN4)nc1)NS(=O)(=O)c1ccc(F)s1. The molecule has 0 fully saturated rings. The van der Waals surface area contributed by atoms with Crippen LogP contribution in [0.5, 0.6) is 0 Å². The Labute approximate surface area is 196 Å². The molecule has 0 atom stereocenters. The Bertz CT molecular complexity index is 1450. The van der Waals surface area contributed by atoms with Crippen molar-refractivity contribution in [2.24, 2.45) is 0 Å². The minimum absolute atomic E-state index is 0.0430. The maximum atomic E-state index is 13.1. The number of nitrogens with one attached hydrogen (secondary N) is 3. The van der Waals surface area contributed by atoms with Crippen molar-refractivity contribution in [3.05, 3.63) is 64.4 Å². The third kappa shape index (κ3) is 3.99. The van der Waals surface area contributed by atoms with E-state index < -0.39 is 33.0 Å². The van der Waals surface area contributed by atoms with Crippen LogP contribution in [0.25, 0.3) is 0 Å². The van der Waals surface area contributed by atoms with Crippen molar-refractivity contribution < 1.29 is 27.2 Å². The number of amides is 4. The minimum atomic E-state index is -4.24. The highest BCUT2D eigenvalue weighted by Gasteiger charge is 2.34. The van der Waals surface area contributed by atoms with Gasteiger partial charge in [-0.25, -0.2) is 27.8 Å². The van der Waals surface area contributed by atoms with Gasteiger partial charge in [0.25, 0.3) is 15.9 Å². The maximum absolute atomic E-state index is 13.1. The van der Waals surface area contributed by atoms with Crippen molar-refractivity contribution in [2.45, 2.75) is 17.1 Å². The second-order valence-electron chi connectivity index (χ2n) is 7.58. The smallest absolute Gasteiger partial charge is 0.333 e. The summed E-state index contributed by atoms with van der Waals surface area (Å²) >= 11 is 0.380. The van der Waals surface area contributed by atoms with Crippen molar-refractivity contribution in [1.29, 1.82) is 0 Å². The summed E-state index contributed by atoms with van der Waals surface area (Å²) in [5.41, 5.74) is 3.17. The molecule has 0 unspecified atom stereocenters. The number of hydrogen-bond donors (Lipinski definition) is 3. The van der Waals surface area contributed by atoms with Crippen LogP contribution in [0, 0.1) is 5.13 Å². The van der Waals surface area contributed by atoms with Gasteiger partial charge in [0.05, 0.1) is 18.3 Å². The Morgan fingerprint density at radius 1 is 1.15 bits per heavy atom. The largest absolute Gasteiger partial charge is 0.384 e. The van der Waals surface area contributed by atoms with Crippen molar-refractivity contribution in [2.75, 3.05) is 22.1 Å². The molecule has 174 valence electrons.